The summed E-state index contributed by atoms with van der Waals surface area (Å²) in [6.07, 6.45) is 2.16. The Balaban J connectivity index is 1.60. The van der Waals surface area contributed by atoms with E-state index in [0.29, 0.717) is 17.3 Å². The van der Waals surface area contributed by atoms with Crippen molar-refractivity contribution >= 4 is 34.2 Å². The van der Waals surface area contributed by atoms with Gasteiger partial charge in [0.1, 0.15) is 0 Å². The van der Waals surface area contributed by atoms with E-state index in [-0.39, 0.29) is 11.9 Å². The summed E-state index contributed by atoms with van der Waals surface area (Å²) in [6, 6.07) is 23.8. The topological polar surface area (TPSA) is 46.1 Å². The molecule has 1 aromatic heterocycles. The molecule has 0 fully saturated rings. The lowest BCUT2D eigenvalue weighted by Crippen LogP contribution is -2.33. The van der Waals surface area contributed by atoms with Gasteiger partial charge in [-0.05, 0) is 41.8 Å². The van der Waals surface area contributed by atoms with Gasteiger partial charge in [0, 0.05) is 47.3 Å². The lowest BCUT2D eigenvalue weighted by atomic mass is 9.91. The van der Waals surface area contributed by atoms with Crippen LogP contribution in [-0.2, 0) is 7.05 Å². The average Bonchev–Trinajstić information content (AvgIpc) is 3.08. The first-order valence-corrected chi connectivity index (χ1v) is 10.3. The van der Waals surface area contributed by atoms with Gasteiger partial charge in [-0.2, -0.15) is 0 Å². The number of fused-ring (bicyclic) bond motifs is 1. The lowest BCUT2D eigenvalue weighted by Gasteiger charge is -2.19. The molecule has 0 radical (unpaired) electrons. The monoisotopic (exact) mass is 417 g/mol. The number of aromatic nitrogens is 1. The molecule has 0 bridgehead atoms. The molecular weight excluding hydrogens is 394 g/mol. The Morgan fingerprint density at radius 2 is 1.77 bits per heavy atom. The number of carbonyl (C=O) groups is 1. The fourth-order valence-corrected chi connectivity index (χ4v) is 4.01. The predicted molar refractivity (Wildman–Crippen MR) is 124 cm³/mol. The first-order valence-electron chi connectivity index (χ1n) is 9.93. The molecule has 0 saturated carbocycles. The Kier molecular flexibility index (Phi) is 5.77. The molecule has 1 heterocycles. The summed E-state index contributed by atoms with van der Waals surface area (Å²) < 4.78 is 2.13. The fraction of sp³-hybridized carbons (Fsp3) is 0.160. The quantitative estimate of drug-likeness (QED) is 0.405. The second kappa shape index (κ2) is 8.64. The van der Waals surface area contributed by atoms with E-state index in [4.69, 9.17) is 11.6 Å². The van der Waals surface area contributed by atoms with Gasteiger partial charge in [0.2, 0.25) is 0 Å². The number of para-hydroxylation sites is 1. The number of halogens is 1. The van der Waals surface area contributed by atoms with E-state index in [2.05, 4.69) is 58.8 Å². The van der Waals surface area contributed by atoms with Gasteiger partial charge in [0.15, 0.2) is 0 Å². The van der Waals surface area contributed by atoms with E-state index in [9.17, 15) is 4.79 Å². The summed E-state index contributed by atoms with van der Waals surface area (Å²) in [6.45, 7) is 2.41. The largest absolute Gasteiger partial charge is 0.350 e. The molecular formula is C25H24ClN3O. The summed E-state index contributed by atoms with van der Waals surface area (Å²) in [5.74, 6) is 0.0310. The molecule has 4 aromatic rings. The number of benzene rings is 3. The Bertz CT molecular complexity index is 1180. The van der Waals surface area contributed by atoms with E-state index >= 15 is 0 Å². The number of urea groups is 1. The average molecular weight is 418 g/mol. The van der Waals surface area contributed by atoms with Crippen LogP contribution >= 0.6 is 11.6 Å². The van der Waals surface area contributed by atoms with Gasteiger partial charge in [-0.15, -0.1) is 0 Å². The highest BCUT2D eigenvalue weighted by Crippen LogP contribution is 2.31. The number of hydrogen-bond acceptors (Lipinski definition) is 1. The third-order valence-electron chi connectivity index (χ3n) is 5.42. The van der Waals surface area contributed by atoms with Crippen LogP contribution < -0.4 is 10.6 Å². The second-order valence-electron chi connectivity index (χ2n) is 7.47. The minimum atomic E-state index is -0.249. The van der Waals surface area contributed by atoms with Crippen molar-refractivity contribution in [1.29, 1.82) is 0 Å². The molecule has 30 heavy (non-hydrogen) atoms. The molecule has 2 amide bonds. The van der Waals surface area contributed by atoms with E-state index < -0.39 is 0 Å². The molecule has 152 valence electrons. The third kappa shape index (κ3) is 4.19. The molecule has 3 aromatic carbocycles. The van der Waals surface area contributed by atoms with Gasteiger partial charge in [-0.1, -0.05) is 66.2 Å². The van der Waals surface area contributed by atoms with Gasteiger partial charge in [-0.3, -0.25) is 0 Å². The highest BCUT2D eigenvalue weighted by Gasteiger charge is 2.20. The maximum atomic E-state index is 12.6. The molecule has 2 N–H and O–H groups in total. The molecule has 0 aliphatic carbocycles. The first-order chi connectivity index (χ1) is 14.5. The molecule has 0 saturated heterocycles. The molecule has 0 aliphatic heterocycles. The van der Waals surface area contributed by atoms with E-state index in [1.165, 1.54) is 16.5 Å². The van der Waals surface area contributed by atoms with Gasteiger partial charge < -0.3 is 15.2 Å². The van der Waals surface area contributed by atoms with E-state index in [1.54, 1.807) is 6.07 Å². The number of nitrogens with one attached hydrogen (secondary N) is 2. The van der Waals surface area contributed by atoms with Crippen LogP contribution in [0.15, 0.2) is 79.0 Å². The SMILES string of the molecule is Cc1ccc(Cl)cc1NC(=O)NC[C@@H](c1ccccc1)c1cn(C)c2ccccc12. The van der Waals surface area contributed by atoms with Gasteiger partial charge in [0.05, 0.1) is 0 Å². The van der Waals surface area contributed by atoms with Crippen LogP contribution in [0.5, 0.6) is 0 Å². The highest BCUT2D eigenvalue weighted by atomic mass is 35.5. The maximum Gasteiger partial charge on any atom is 0.319 e. The minimum absolute atomic E-state index is 0.0310. The molecule has 0 unspecified atom stereocenters. The smallest absolute Gasteiger partial charge is 0.319 e. The number of aryl methyl sites for hydroxylation is 2. The van der Waals surface area contributed by atoms with Crippen LogP contribution in [0.2, 0.25) is 5.02 Å². The molecule has 1 atom stereocenters. The molecule has 4 rings (SSSR count). The Morgan fingerprint density at radius 1 is 1.03 bits per heavy atom. The maximum absolute atomic E-state index is 12.6. The van der Waals surface area contributed by atoms with Crippen molar-refractivity contribution < 1.29 is 4.79 Å². The molecule has 0 aliphatic rings. The number of carbonyl (C=O) groups excluding carboxylic acids is 1. The van der Waals surface area contributed by atoms with Crippen LogP contribution in [0.25, 0.3) is 10.9 Å². The van der Waals surface area contributed by atoms with Crippen molar-refractivity contribution in [1.82, 2.24) is 9.88 Å². The molecule has 0 spiro atoms. The molecule has 5 heteroatoms. The number of nitrogens with zero attached hydrogens (tertiary/aromatic N) is 1. The Hall–Kier alpha value is -3.24. The number of anilines is 1. The zero-order valence-electron chi connectivity index (χ0n) is 17.0. The summed E-state index contributed by atoms with van der Waals surface area (Å²) in [4.78, 5) is 12.6. The van der Waals surface area contributed by atoms with Crippen molar-refractivity contribution in [2.45, 2.75) is 12.8 Å². The standard InChI is InChI=1S/C25H24ClN3O/c1-17-12-13-19(26)14-23(17)28-25(30)27-15-21(18-8-4-3-5-9-18)22-16-29(2)24-11-7-6-10-20(22)24/h3-14,16,21H,15H2,1-2H3,(H2,27,28,30)/t21-/m0/s1. The normalized spacial score (nSPS) is 12.0. The van der Waals surface area contributed by atoms with Gasteiger partial charge in [0.25, 0.3) is 0 Å². The van der Waals surface area contributed by atoms with Crippen LogP contribution in [0.1, 0.15) is 22.6 Å². The van der Waals surface area contributed by atoms with Crippen molar-refractivity contribution in [3.8, 4) is 0 Å². The Morgan fingerprint density at radius 3 is 2.57 bits per heavy atom. The van der Waals surface area contributed by atoms with Crippen LogP contribution in [0.3, 0.4) is 0 Å². The first kappa shape index (κ1) is 20.0. The third-order valence-corrected chi connectivity index (χ3v) is 5.65. The van der Waals surface area contributed by atoms with E-state index in [0.717, 1.165) is 11.1 Å². The van der Waals surface area contributed by atoms with Crippen molar-refractivity contribution in [3.05, 3.63) is 101 Å². The second-order valence-corrected chi connectivity index (χ2v) is 7.91. The lowest BCUT2D eigenvalue weighted by molar-refractivity contribution is 0.252. The number of rotatable bonds is 5. The minimum Gasteiger partial charge on any atom is -0.350 e. The highest BCUT2D eigenvalue weighted by molar-refractivity contribution is 6.31. The summed E-state index contributed by atoms with van der Waals surface area (Å²) in [7, 11) is 2.05. The van der Waals surface area contributed by atoms with Crippen molar-refractivity contribution in [3.63, 3.8) is 0 Å². The van der Waals surface area contributed by atoms with Gasteiger partial charge in [-0.25, -0.2) is 4.79 Å². The number of hydrogen-bond donors (Lipinski definition) is 2. The Labute approximate surface area is 181 Å². The van der Waals surface area contributed by atoms with Crippen molar-refractivity contribution in [2.75, 3.05) is 11.9 Å². The van der Waals surface area contributed by atoms with Gasteiger partial charge >= 0.3 is 6.03 Å². The fourth-order valence-electron chi connectivity index (χ4n) is 3.83. The molecule has 4 nitrogen and oxygen atoms in total. The van der Waals surface area contributed by atoms with E-state index in [1.807, 2.05) is 43.3 Å². The summed E-state index contributed by atoms with van der Waals surface area (Å²) in [5.41, 5.74) is 5.20. The summed E-state index contributed by atoms with van der Waals surface area (Å²) in [5, 5.41) is 7.75. The van der Waals surface area contributed by atoms with Crippen molar-refractivity contribution in [2.24, 2.45) is 7.05 Å². The predicted octanol–water partition coefficient (Wildman–Crippen LogP) is 6.09. The number of amides is 2. The zero-order valence-corrected chi connectivity index (χ0v) is 17.8. The summed E-state index contributed by atoms with van der Waals surface area (Å²) >= 11 is 6.07. The van der Waals surface area contributed by atoms with Crippen LogP contribution in [0.4, 0.5) is 10.5 Å². The zero-order chi connectivity index (χ0) is 21.1. The van der Waals surface area contributed by atoms with Crippen LogP contribution in [-0.4, -0.2) is 17.1 Å². The van der Waals surface area contributed by atoms with Crippen LogP contribution in [0, 0.1) is 6.92 Å².